The van der Waals surface area contributed by atoms with Gasteiger partial charge < -0.3 is 14.5 Å². The molecule has 1 saturated heterocycles. The molecule has 0 bridgehead atoms. The average Bonchev–Trinajstić information content (AvgIpc) is 2.63. The highest BCUT2D eigenvalue weighted by atomic mass is 35.5. The van der Waals surface area contributed by atoms with Crippen molar-refractivity contribution in [1.29, 1.82) is 0 Å². The molecule has 27 heavy (non-hydrogen) atoms. The summed E-state index contributed by atoms with van der Waals surface area (Å²) in [4.78, 5) is 19.1. The van der Waals surface area contributed by atoms with E-state index in [1.54, 1.807) is 0 Å². The van der Waals surface area contributed by atoms with E-state index in [1.807, 2.05) is 37.8 Å². The fourth-order valence-corrected chi connectivity index (χ4v) is 3.51. The second kappa shape index (κ2) is 9.76. The molecular weight excluding hydrogens is 362 g/mol. The van der Waals surface area contributed by atoms with Crippen LogP contribution in [0.4, 0.5) is 4.79 Å². The van der Waals surface area contributed by atoms with Crippen LogP contribution >= 0.6 is 11.6 Å². The largest absolute Gasteiger partial charge is 0.444 e. The van der Waals surface area contributed by atoms with E-state index < -0.39 is 5.60 Å². The maximum Gasteiger partial charge on any atom is 0.410 e. The fourth-order valence-electron chi connectivity index (χ4n) is 3.39. The molecule has 1 unspecified atom stereocenters. The molecular formula is C21H34ClN3O2. The van der Waals surface area contributed by atoms with Crippen molar-refractivity contribution >= 4 is 17.7 Å². The lowest BCUT2D eigenvalue weighted by Gasteiger charge is -2.41. The van der Waals surface area contributed by atoms with Gasteiger partial charge in [0, 0.05) is 43.8 Å². The molecule has 0 radical (unpaired) electrons. The van der Waals surface area contributed by atoms with Crippen LogP contribution in [-0.4, -0.2) is 72.2 Å². The van der Waals surface area contributed by atoms with Crippen LogP contribution < -0.4 is 0 Å². The maximum absolute atomic E-state index is 12.3. The number of hydrogen-bond donors (Lipinski definition) is 0. The summed E-state index contributed by atoms with van der Waals surface area (Å²) < 4.78 is 5.52. The first-order chi connectivity index (χ1) is 12.7. The number of ether oxygens (including phenoxy) is 1. The lowest BCUT2D eigenvalue weighted by atomic mass is 10.0. The number of amides is 1. The first-order valence-corrected chi connectivity index (χ1v) is 10.3. The number of hydrogen-bond acceptors (Lipinski definition) is 4. The number of rotatable bonds is 6. The van der Waals surface area contributed by atoms with Gasteiger partial charge in [-0.3, -0.25) is 4.90 Å². The van der Waals surface area contributed by atoms with Gasteiger partial charge in [-0.05, 0) is 51.6 Å². The van der Waals surface area contributed by atoms with E-state index in [4.69, 9.17) is 16.3 Å². The van der Waals surface area contributed by atoms with Gasteiger partial charge >= 0.3 is 6.09 Å². The highest BCUT2D eigenvalue weighted by Crippen LogP contribution is 2.25. The van der Waals surface area contributed by atoms with Crippen LogP contribution in [0.2, 0.25) is 5.02 Å². The maximum atomic E-state index is 12.3. The fraction of sp³-hybridized carbons (Fsp3) is 0.667. The normalized spacial score (nSPS) is 17.2. The van der Waals surface area contributed by atoms with Gasteiger partial charge in [0.2, 0.25) is 0 Å². The molecule has 152 valence electrons. The summed E-state index contributed by atoms with van der Waals surface area (Å²) in [5.74, 6) is 0. The van der Waals surface area contributed by atoms with Gasteiger partial charge in [0.25, 0.3) is 0 Å². The summed E-state index contributed by atoms with van der Waals surface area (Å²) in [7, 11) is 0. The minimum atomic E-state index is -0.456. The van der Waals surface area contributed by atoms with Crippen LogP contribution in [-0.2, 0) is 4.74 Å². The molecule has 1 fully saturated rings. The molecule has 1 aromatic carbocycles. The van der Waals surface area contributed by atoms with Gasteiger partial charge in [-0.2, -0.15) is 0 Å². The molecule has 1 aliphatic heterocycles. The van der Waals surface area contributed by atoms with Crippen LogP contribution in [0.25, 0.3) is 0 Å². The van der Waals surface area contributed by atoms with Crippen molar-refractivity contribution in [2.45, 2.75) is 46.3 Å². The second-order valence-electron chi connectivity index (χ2n) is 8.06. The average molecular weight is 396 g/mol. The Hall–Kier alpha value is -1.30. The molecule has 1 aliphatic rings. The van der Waals surface area contributed by atoms with Crippen LogP contribution in [0, 0.1) is 0 Å². The molecule has 0 spiro atoms. The second-order valence-corrected chi connectivity index (χ2v) is 8.49. The Balaban J connectivity index is 2.06. The number of carbonyl (C=O) groups excluding carboxylic acids is 1. The highest BCUT2D eigenvalue weighted by Gasteiger charge is 2.30. The highest BCUT2D eigenvalue weighted by molar-refractivity contribution is 6.30. The minimum absolute atomic E-state index is 0.214. The first kappa shape index (κ1) is 22.0. The SMILES string of the molecule is CCN(CC)CC(c1ccc(Cl)cc1)N1CCN(C(=O)OC(C)(C)C)CC1. The Kier molecular flexibility index (Phi) is 7.95. The van der Waals surface area contributed by atoms with Gasteiger partial charge in [-0.1, -0.05) is 37.6 Å². The van der Waals surface area contributed by atoms with Gasteiger partial charge in [0.05, 0.1) is 0 Å². The van der Waals surface area contributed by atoms with Gasteiger partial charge in [-0.25, -0.2) is 4.79 Å². The quantitative estimate of drug-likeness (QED) is 0.720. The third-order valence-electron chi connectivity index (χ3n) is 4.99. The lowest BCUT2D eigenvalue weighted by Crippen LogP contribution is -2.52. The summed E-state index contributed by atoms with van der Waals surface area (Å²) in [5.41, 5.74) is 0.819. The lowest BCUT2D eigenvalue weighted by molar-refractivity contribution is 0.00819. The first-order valence-electron chi connectivity index (χ1n) is 9.93. The predicted molar refractivity (Wildman–Crippen MR) is 111 cm³/mol. The van der Waals surface area contributed by atoms with Crippen LogP contribution in [0.1, 0.15) is 46.2 Å². The topological polar surface area (TPSA) is 36.0 Å². The van der Waals surface area contributed by atoms with Crippen molar-refractivity contribution in [2.75, 3.05) is 45.8 Å². The standard InChI is InChI=1S/C21H34ClN3O2/c1-6-23(7-2)16-19(17-8-10-18(22)11-9-17)24-12-14-25(15-13-24)20(26)27-21(3,4)5/h8-11,19H,6-7,12-16H2,1-5H3. The molecule has 2 rings (SSSR count). The van der Waals surface area contributed by atoms with E-state index in [1.165, 1.54) is 5.56 Å². The summed E-state index contributed by atoms with van der Waals surface area (Å²) in [6.45, 7) is 16.2. The summed E-state index contributed by atoms with van der Waals surface area (Å²) in [5, 5.41) is 0.759. The van der Waals surface area contributed by atoms with Crippen molar-refractivity contribution < 1.29 is 9.53 Å². The molecule has 0 saturated carbocycles. The number of benzene rings is 1. The Morgan fingerprint density at radius 3 is 2.15 bits per heavy atom. The summed E-state index contributed by atoms with van der Waals surface area (Å²) in [6.07, 6.45) is -0.214. The van der Waals surface area contributed by atoms with E-state index in [-0.39, 0.29) is 6.09 Å². The zero-order chi connectivity index (χ0) is 20.0. The van der Waals surface area contributed by atoms with Crippen molar-refractivity contribution in [3.63, 3.8) is 0 Å². The van der Waals surface area contributed by atoms with Crippen molar-refractivity contribution in [3.05, 3.63) is 34.9 Å². The third kappa shape index (κ3) is 6.66. The minimum Gasteiger partial charge on any atom is -0.444 e. The Morgan fingerprint density at radius 1 is 1.11 bits per heavy atom. The summed E-state index contributed by atoms with van der Waals surface area (Å²) >= 11 is 6.09. The summed E-state index contributed by atoms with van der Waals surface area (Å²) in [6, 6.07) is 8.46. The van der Waals surface area contributed by atoms with Crippen LogP contribution in [0.5, 0.6) is 0 Å². The molecule has 1 atom stereocenters. The number of carbonyl (C=O) groups is 1. The monoisotopic (exact) mass is 395 g/mol. The molecule has 6 heteroatoms. The Bertz CT molecular complexity index is 588. The van der Waals surface area contributed by atoms with Crippen LogP contribution in [0.15, 0.2) is 24.3 Å². The molecule has 1 aromatic rings. The van der Waals surface area contributed by atoms with E-state index in [2.05, 4.69) is 35.8 Å². The molecule has 1 amide bonds. The van der Waals surface area contributed by atoms with E-state index in [9.17, 15) is 4.79 Å². The van der Waals surface area contributed by atoms with Gasteiger partial charge in [-0.15, -0.1) is 0 Å². The molecule has 0 N–H and O–H groups in total. The zero-order valence-electron chi connectivity index (χ0n) is 17.4. The molecule has 0 aromatic heterocycles. The van der Waals surface area contributed by atoms with Crippen molar-refractivity contribution in [1.82, 2.24) is 14.7 Å². The number of piperazine rings is 1. The van der Waals surface area contributed by atoms with E-state index in [0.29, 0.717) is 19.1 Å². The smallest absolute Gasteiger partial charge is 0.410 e. The Morgan fingerprint density at radius 2 is 1.67 bits per heavy atom. The molecule has 0 aliphatic carbocycles. The predicted octanol–water partition coefficient (Wildman–Crippen LogP) is 4.28. The van der Waals surface area contributed by atoms with E-state index in [0.717, 1.165) is 37.7 Å². The zero-order valence-corrected chi connectivity index (χ0v) is 18.1. The Labute approximate surface area is 169 Å². The van der Waals surface area contributed by atoms with Crippen molar-refractivity contribution in [2.24, 2.45) is 0 Å². The van der Waals surface area contributed by atoms with Gasteiger partial charge in [0.1, 0.15) is 5.60 Å². The molecule has 5 nitrogen and oxygen atoms in total. The van der Waals surface area contributed by atoms with E-state index >= 15 is 0 Å². The van der Waals surface area contributed by atoms with Gasteiger partial charge in [0.15, 0.2) is 0 Å². The number of likely N-dealkylation sites (N-methyl/N-ethyl adjacent to an activating group) is 1. The number of halogens is 1. The molecule has 1 heterocycles. The number of nitrogens with zero attached hydrogens (tertiary/aromatic N) is 3. The third-order valence-corrected chi connectivity index (χ3v) is 5.24. The van der Waals surface area contributed by atoms with Crippen LogP contribution in [0.3, 0.4) is 0 Å². The van der Waals surface area contributed by atoms with Crippen molar-refractivity contribution in [3.8, 4) is 0 Å².